The molecule has 1 aliphatic carbocycles. The topological polar surface area (TPSA) is 83.6 Å². The zero-order chi connectivity index (χ0) is 18.4. The summed E-state index contributed by atoms with van der Waals surface area (Å²) in [5.74, 6) is 0.222. The van der Waals surface area contributed by atoms with Crippen molar-refractivity contribution >= 4 is 58.0 Å². The average molecular weight is 407 g/mol. The maximum Gasteiger partial charge on any atom is 0.327 e. The van der Waals surface area contributed by atoms with Gasteiger partial charge < -0.3 is 15.7 Å². The van der Waals surface area contributed by atoms with E-state index in [1.165, 1.54) is 17.3 Å². The molecule has 0 saturated carbocycles. The van der Waals surface area contributed by atoms with Crippen molar-refractivity contribution in [2.24, 2.45) is 11.7 Å². The molecule has 3 aliphatic rings. The average Bonchev–Trinajstić information content (AvgIpc) is 3.14. The number of hydrogen-bond acceptors (Lipinski definition) is 5. The molecule has 1 aromatic carbocycles. The first kappa shape index (κ1) is 17.9. The van der Waals surface area contributed by atoms with Crippen LogP contribution < -0.4 is 5.73 Å². The number of aliphatic carboxylic acids is 1. The van der Waals surface area contributed by atoms with Crippen molar-refractivity contribution in [3.8, 4) is 0 Å². The lowest BCUT2D eigenvalue weighted by atomic mass is 9.80. The number of carbonyl (C=O) groups is 2. The molecule has 3 N–H and O–H groups in total. The van der Waals surface area contributed by atoms with Crippen molar-refractivity contribution in [2.45, 2.75) is 23.8 Å². The highest BCUT2D eigenvalue weighted by Gasteiger charge is 2.59. The van der Waals surface area contributed by atoms with Crippen LogP contribution in [0, 0.1) is 5.92 Å². The molecule has 2 aliphatic heterocycles. The van der Waals surface area contributed by atoms with Crippen LogP contribution in [0.15, 0.2) is 29.8 Å². The minimum Gasteiger partial charge on any atom is -0.480 e. The molecule has 1 amide bonds. The van der Waals surface area contributed by atoms with Crippen molar-refractivity contribution in [1.29, 1.82) is 0 Å². The lowest BCUT2D eigenvalue weighted by Crippen LogP contribution is -2.61. The second-order valence-electron chi connectivity index (χ2n) is 6.58. The van der Waals surface area contributed by atoms with Crippen molar-refractivity contribution in [3.05, 3.63) is 41.0 Å². The molecule has 2 fully saturated rings. The molecule has 0 radical (unpaired) electrons. The summed E-state index contributed by atoms with van der Waals surface area (Å²) in [5, 5.41) is 9.26. The van der Waals surface area contributed by atoms with Crippen LogP contribution in [0.2, 0.25) is 0 Å². The molecule has 4 rings (SSSR count). The van der Waals surface area contributed by atoms with Crippen molar-refractivity contribution in [3.63, 3.8) is 0 Å². The maximum atomic E-state index is 12.8. The smallest absolute Gasteiger partial charge is 0.327 e. The highest BCUT2D eigenvalue weighted by atomic mass is 32.2. The Morgan fingerprint density at radius 2 is 2.19 bits per heavy atom. The zero-order valence-electron chi connectivity index (χ0n) is 13.8. The van der Waals surface area contributed by atoms with Gasteiger partial charge in [-0.1, -0.05) is 54.3 Å². The molecule has 26 heavy (non-hydrogen) atoms. The fraction of sp³-hybridized carbons (Fsp3) is 0.389. The lowest BCUT2D eigenvalue weighted by molar-refractivity contribution is -0.159. The largest absolute Gasteiger partial charge is 0.480 e. The van der Waals surface area contributed by atoms with Crippen LogP contribution in [-0.4, -0.2) is 49.1 Å². The summed E-state index contributed by atoms with van der Waals surface area (Å²) in [6.45, 7) is 0. The van der Waals surface area contributed by atoms with Gasteiger partial charge in [0.05, 0.1) is 11.3 Å². The highest BCUT2D eigenvalue weighted by Crippen LogP contribution is 2.53. The predicted octanol–water partition coefficient (Wildman–Crippen LogP) is 2.52. The molecular formula is C18H18N2O3S3. The summed E-state index contributed by atoms with van der Waals surface area (Å²) < 4.78 is 0.434. The first-order valence-electron chi connectivity index (χ1n) is 8.38. The highest BCUT2D eigenvalue weighted by molar-refractivity contribution is 8.22. The molecule has 0 bridgehead atoms. The molecule has 4 unspecified atom stereocenters. The van der Waals surface area contributed by atoms with E-state index in [4.69, 9.17) is 18.0 Å². The van der Waals surface area contributed by atoms with Gasteiger partial charge in [-0.2, -0.15) is 0 Å². The van der Waals surface area contributed by atoms with Crippen LogP contribution in [0.4, 0.5) is 0 Å². The van der Waals surface area contributed by atoms with Crippen LogP contribution in [0.1, 0.15) is 23.5 Å². The number of β-lactam (4-membered cyclic amide) rings is 1. The van der Waals surface area contributed by atoms with E-state index in [1.807, 2.05) is 12.1 Å². The minimum atomic E-state index is -0.917. The van der Waals surface area contributed by atoms with Gasteiger partial charge in [0, 0.05) is 17.4 Å². The van der Waals surface area contributed by atoms with Gasteiger partial charge in [0.15, 0.2) is 0 Å². The number of carboxylic acids is 1. The van der Waals surface area contributed by atoms with E-state index in [0.717, 1.165) is 23.3 Å². The number of fused-ring (bicyclic) bond motifs is 2. The molecule has 0 aromatic heterocycles. The van der Waals surface area contributed by atoms with Crippen LogP contribution in [0.3, 0.4) is 0 Å². The van der Waals surface area contributed by atoms with Crippen molar-refractivity contribution in [2.75, 3.05) is 11.5 Å². The van der Waals surface area contributed by atoms with Crippen LogP contribution in [0.25, 0.3) is 6.08 Å². The van der Waals surface area contributed by atoms with Gasteiger partial charge in [-0.15, -0.1) is 11.8 Å². The van der Waals surface area contributed by atoms with E-state index in [0.29, 0.717) is 10.1 Å². The van der Waals surface area contributed by atoms with Gasteiger partial charge in [0.1, 0.15) is 10.4 Å². The summed E-state index contributed by atoms with van der Waals surface area (Å²) >= 11 is 7.99. The molecule has 0 spiro atoms. The monoisotopic (exact) mass is 406 g/mol. The number of carbonyl (C=O) groups excluding carboxylic acids is 1. The molecule has 8 heteroatoms. The first-order valence-corrected chi connectivity index (χ1v) is 10.8. The number of benzene rings is 1. The molecule has 5 nitrogen and oxygen atoms in total. The minimum absolute atomic E-state index is 0.0570. The van der Waals surface area contributed by atoms with Gasteiger partial charge >= 0.3 is 5.97 Å². The maximum absolute atomic E-state index is 12.8. The number of nitrogens with zero attached hydrogens (tertiary/aromatic N) is 1. The van der Waals surface area contributed by atoms with Gasteiger partial charge in [-0.25, -0.2) is 4.79 Å². The van der Waals surface area contributed by atoms with Crippen LogP contribution in [0.5, 0.6) is 0 Å². The molecule has 4 atom stereocenters. The van der Waals surface area contributed by atoms with Gasteiger partial charge in [0.25, 0.3) is 0 Å². The molecule has 2 heterocycles. The first-order chi connectivity index (χ1) is 12.5. The second-order valence-corrected chi connectivity index (χ2v) is 9.57. The summed E-state index contributed by atoms with van der Waals surface area (Å²) in [7, 11) is 0. The fourth-order valence-corrected chi connectivity index (χ4v) is 6.45. The van der Waals surface area contributed by atoms with Crippen molar-refractivity contribution < 1.29 is 14.7 Å². The third-order valence-corrected chi connectivity index (χ3v) is 7.66. The Balaban J connectivity index is 1.58. The number of thiocarbonyl (C=S) groups is 1. The Kier molecular flexibility index (Phi) is 4.75. The van der Waals surface area contributed by atoms with Crippen LogP contribution >= 0.6 is 35.7 Å². The summed E-state index contributed by atoms with van der Waals surface area (Å²) in [5.41, 5.74) is 9.09. The molecule has 136 valence electrons. The molecule has 1 aromatic rings. The number of thioether (sulfide) groups is 2. The van der Waals surface area contributed by atoms with Gasteiger partial charge in [0.2, 0.25) is 5.91 Å². The molecule has 2 saturated heterocycles. The Hall–Kier alpha value is -1.51. The van der Waals surface area contributed by atoms with Gasteiger partial charge in [-0.3, -0.25) is 4.79 Å². The number of nitrogens with two attached hydrogens (primary N) is 1. The summed E-state index contributed by atoms with van der Waals surface area (Å²) in [6, 6.07) is 7.50. The quantitative estimate of drug-likeness (QED) is 0.574. The van der Waals surface area contributed by atoms with E-state index in [9.17, 15) is 14.7 Å². The van der Waals surface area contributed by atoms with Crippen LogP contribution in [-0.2, 0) is 9.59 Å². The third-order valence-electron chi connectivity index (χ3n) is 5.23. The Morgan fingerprint density at radius 3 is 2.92 bits per heavy atom. The Labute approximate surface area is 165 Å². The molecular weight excluding hydrogens is 388 g/mol. The Bertz CT molecular complexity index is 826. The Morgan fingerprint density at radius 1 is 1.42 bits per heavy atom. The van der Waals surface area contributed by atoms with Crippen molar-refractivity contribution in [1.82, 2.24) is 4.90 Å². The summed E-state index contributed by atoms with van der Waals surface area (Å²) in [6.07, 6.45) is 2.98. The number of carboxylic acid groups (broad SMARTS) is 1. The zero-order valence-corrected chi connectivity index (χ0v) is 16.3. The number of amides is 1. The SMILES string of the molecule is NC(=S)SCCC1C(C2C(=O)N3C(C(=O)O)CSC23)=Cc2ccccc21. The fourth-order valence-electron chi connectivity index (χ4n) is 4.09. The van der Waals surface area contributed by atoms with E-state index in [2.05, 4.69) is 18.2 Å². The van der Waals surface area contributed by atoms with E-state index < -0.39 is 12.0 Å². The predicted molar refractivity (Wildman–Crippen MR) is 109 cm³/mol. The van der Waals surface area contributed by atoms with E-state index in [-0.39, 0.29) is 23.1 Å². The lowest BCUT2D eigenvalue weighted by Gasteiger charge is -2.45. The normalized spacial score (nSPS) is 29.0. The number of hydrogen-bond donors (Lipinski definition) is 2. The van der Waals surface area contributed by atoms with E-state index in [1.54, 1.807) is 16.7 Å². The number of rotatable bonds is 5. The second kappa shape index (κ2) is 6.90. The van der Waals surface area contributed by atoms with E-state index >= 15 is 0 Å². The third kappa shape index (κ3) is 2.84. The standard InChI is InChI=1S/C18H18N2O3S3/c19-18(24)25-6-5-11-10-4-2-1-3-9(10)7-12(11)14-15(21)20-13(17(22)23)8-26-16(14)20/h1-4,7,11,13-14,16H,5-6,8H2,(H2,19,24)(H,22,23). The van der Waals surface area contributed by atoms with Gasteiger partial charge in [-0.05, 0) is 23.1 Å². The summed E-state index contributed by atoms with van der Waals surface area (Å²) in [4.78, 5) is 25.7.